The summed E-state index contributed by atoms with van der Waals surface area (Å²) < 4.78 is 5.22. The quantitative estimate of drug-likeness (QED) is 0.616. The van der Waals surface area contributed by atoms with E-state index in [4.69, 9.17) is 16.1 Å². The fraction of sp³-hybridized carbons (Fsp3) is 0.667. The Morgan fingerprint density at radius 2 is 2.00 bits per heavy atom. The lowest BCUT2D eigenvalue weighted by Gasteiger charge is -2.31. The summed E-state index contributed by atoms with van der Waals surface area (Å²) in [6, 6.07) is 1.78. The van der Waals surface area contributed by atoms with Crippen molar-refractivity contribution < 1.29 is 9.32 Å². The van der Waals surface area contributed by atoms with Crippen LogP contribution in [-0.4, -0.2) is 23.0 Å². The van der Waals surface area contributed by atoms with Gasteiger partial charge in [-0.2, -0.15) is 0 Å². The van der Waals surface area contributed by atoms with E-state index in [-0.39, 0.29) is 5.41 Å². The highest BCUT2D eigenvalue weighted by molar-refractivity contribution is 6.19. The minimum Gasteiger partial charge on any atom is -0.338 e. The van der Waals surface area contributed by atoms with Gasteiger partial charge in [0.2, 0.25) is 12.3 Å². The van der Waals surface area contributed by atoms with Crippen LogP contribution in [0.2, 0.25) is 0 Å². The van der Waals surface area contributed by atoms with E-state index in [1.807, 2.05) is 34.6 Å². The summed E-state index contributed by atoms with van der Waals surface area (Å²) in [5.41, 5.74) is 0.198. The number of nitrogens with zero attached hydrogens (tertiary/aromatic N) is 2. The normalized spacial score (nSPS) is 12.6. The lowest BCUT2D eigenvalue weighted by Crippen LogP contribution is -2.44. The summed E-state index contributed by atoms with van der Waals surface area (Å²) >= 11 is 5.85. The van der Waals surface area contributed by atoms with Crippen LogP contribution in [0.25, 0.3) is 0 Å². The SMILES string of the molecule is CC(C)(C)c1cc(N(C=O)C(C)(C)CCl)on1. The van der Waals surface area contributed by atoms with Crippen LogP contribution in [0.5, 0.6) is 0 Å². The van der Waals surface area contributed by atoms with Gasteiger partial charge in [0.05, 0.1) is 11.2 Å². The Hall–Kier alpha value is -1.03. The van der Waals surface area contributed by atoms with Gasteiger partial charge in [-0.05, 0) is 13.8 Å². The van der Waals surface area contributed by atoms with Crippen LogP contribution < -0.4 is 4.90 Å². The molecule has 0 spiro atoms. The third-order valence-electron chi connectivity index (χ3n) is 2.59. The number of hydrogen-bond acceptors (Lipinski definition) is 3. The predicted octanol–water partition coefficient (Wildman–Crippen LogP) is 2.95. The molecule has 0 aliphatic rings. The number of aromatic nitrogens is 1. The molecule has 0 aromatic carbocycles. The van der Waals surface area contributed by atoms with Gasteiger partial charge >= 0.3 is 0 Å². The Bertz CT molecular complexity index is 393. The Balaban J connectivity index is 3.07. The van der Waals surface area contributed by atoms with Crippen molar-refractivity contribution in [2.24, 2.45) is 0 Å². The summed E-state index contributed by atoms with van der Waals surface area (Å²) in [6.07, 6.45) is 0.718. The molecule has 0 N–H and O–H groups in total. The summed E-state index contributed by atoms with van der Waals surface area (Å²) in [6.45, 7) is 9.84. The first-order chi connectivity index (χ1) is 7.72. The van der Waals surface area contributed by atoms with Gasteiger partial charge in [0.25, 0.3) is 0 Å². The molecule has 1 rings (SSSR count). The number of alkyl halides is 1. The second kappa shape index (κ2) is 4.69. The molecule has 1 amide bonds. The highest BCUT2D eigenvalue weighted by atomic mass is 35.5. The van der Waals surface area contributed by atoms with E-state index < -0.39 is 5.54 Å². The largest absolute Gasteiger partial charge is 0.338 e. The molecule has 0 aliphatic carbocycles. The van der Waals surface area contributed by atoms with E-state index >= 15 is 0 Å². The zero-order valence-corrected chi connectivity index (χ0v) is 11.7. The second-order valence-electron chi connectivity index (χ2n) is 5.72. The third-order valence-corrected chi connectivity index (χ3v) is 3.24. The molecule has 1 aromatic heterocycles. The monoisotopic (exact) mass is 258 g/mol. The van der Waals surface area contributed by atoms with Crippen molar-refractivity contribution in [2.75, 3.05) is 10.8 Å². The second-order valence-corrected chi connectivity index (χ2v) is 5.99. The third kappa shape index (κ3) is 3.00. The molecule has 1 heterocycles. The van der Waals surface area contributed by atoms with E-state index in [1.54, 1.807) is 6.07 Å². The molecule has 0 bridgehead atoms. The maximum absolute atomic E-state index is 11.1. The fourth-order valence-electron chi connectivity index (χ4n) is 1.29. The first-order valence-electron chi connectivity index (χ1n) is 5.50. The van der Waals surface area contributed by atoms with Crippen molar-refractivity contribution in [1.82, 2.24) is 5.16 Å². The Morgan fingerprint density at radius 3 is 2.35 bits per heavy atom. The molecule has 96 valence electrons. The van der Waals surface area contributed by atoms with Crippen LogP contribution in [0.3, 0.4) is 0 Å². The van der Waals surface area contributed by atoms with Gasteiger partial charge in [0.1, 0.15) is 0 Å². The molecular weight excluding hydrogens is 240 g/mol. The lowest BCUT2D eigenvalue weighted by molar-refractivity contribution is -0.108. The fourth-order valence-corrected chi connectivity index (χ4v) is 1.42. The molecule has 0 unspecified atom stereocenters. The highest BCUT2D eigenvalue weighted by Crippen LogP contribution is 2.29. The number of carbonyl (C=O) groups excluding carboxylic acids is 1. The standard InChI is InChI=1S/C12H19ClN2O2/c1-11(2,3)9-6-10(17-14-9)15(8-16)12(4,5)7-13/h6,8H,7H2,1-5H3. The van der Waals surface area contributed by atoms with E-state index in [1.165, 1.54) is 4.90 Å². The minimum atomic E-state index is -0.502. The summed E-state index contributed by atoms with van der Waals surface area (Å²) in [5.74, 6) is 0.743. The molecule has 0 saturated heterocycles. The van der Waals surface area contributed by atoms with Crippen LogP contribution in [-0.2, 0) is 10.2 Å². The van der Waals surface area contributed by atoms with Crippen LogP contribution in [0.15, 0.2) is 10.6 Å². The van der Waals surface area contributed by atoms with Gasteiger partial charge in [-0.25, -0.2) is 0 Å². The van der Waals surface area contributed by atoms with Gasteiger partial charge in [-0.3, -0.25) is 9.69 Å². The van der Waals surface area contributed by atoms with E-state index in [9.17, 15) is 4.79 Å². The van der Waals surface area contributed by atoms with Gasteiger partial charge < -0.3 is 4.52 Å². The maximum atomic E-state index is 11.1. The average Bonchev–Trinajstić information content (AvgIpc) is 2.67. The molecule has 0 fully saturated rings. The van der Waals surface area contributed by atoms with E-state index in [0.29, 0.717) is 11.8 Å². The maximum Gasteiger partial charge on any atom is 0.234 e. The van der Waals surface area contributed by atoms with Gasteiger partial charge in [0.15, 0.2) is 0 Å². The van der Waals surface area contributed by atoms with Crippen LogP contribution >= 0.6 is 11.6 Å². The summed E-state index contributed by atoms with van der Waals surface area (Å²) in [7, 11) is 0. The predicted molar refractivity (Wildman–Crippen MR) is 68.5 cm³/mol. The zero-order valence-electron chi connectivity index (χ0n) is 11.0. The number of carbonyl (C=O) groups is 1. The number of amides is 1. The van der Waals surface area contributed by atoms with Crippen LogP contribution in [0, 0.1) is 0 Å². The zero-order chi connectivity index (χ0) is 13.3. The van der Waals surface area contributed by atoms with Crippen LogP contribution in [0.1, 0.15) is 40.3 Å². The first kappa shape index (κ1) is 14.0. The topological polar surface area (TPSA) is 46.3 Å². The minimum absolute atomic E-state index is 0.110. The van der Waals surface area contributed by atoms with Crippen molar-refractivity contribution >= 4 is 23.9 Å². The molecule has 5 heteroatoms. The summed E-state index contributed by atoms with van der Waals surface area (Å²) in [4.78, 5) is 12.6. The average molecular weight is 259 g/mol. The number of halogens is 1. The smallest absolute Gasteiger partial charge is 0.234 e. The highest BCUT2D eigenvalue weighted by Gasteiger charge is 2.30. The molecule has 0 radical (unpaired) electrons. The Labute approximate surface area is 107 Å². The van der Waals surface area contributed by atoms with E-state index in [2.05, 4.69) is 5.16 Å². The lowest BCUT2D eigenvalue weighted by atomic mass is 9.92. The molecule has 17 heavy (non-hydrogen) atoms. The molecule has 1 aromatic rings. The van der Waals surface area contributed by atoms with Gasteiger partial charge in [-0.1, -0.05) is 25.9 Å². The molecular formula is C12H19ClN2O2. The van der Waals surface area contributed by atoms with Crippen molar-refractivity contribution in [2.45, 2.75) is 45.6 Å². The number of anilines is 1. The van der Waals surface area contributed by atoms with Crippen molar-refractivity contribution in [3.63, 3.8) is 0 Å². The van der Waals surface area contributed by atoms with E-state index in [0.717, 1.165) is 12.1 Å². The molecule has 0 atom stereocenters. The molecule has 4 nitrogen and oxygen atoms in total. The van der Waals surface area contributed by atoms with Crippen molar-refractivity contribution in [3.8, 4) is 0 Å². The Morgan fingerprint density at radius 1 is 1.41 bits per heavy atom. The molecule has 0 aliphatic heterocycles. The van der Waals surface area contributed by atoms with Crippen LogP contribution in [0.4, 0.5) is 5.88 Å². The summed E-state index contributed by atoms with van der Waals surface area (Å²) in [5, 5.41) is 3.99. The first-order valence-corrected chi connectivity index (χ1v) is 6.03. The number of hydrogen-bond donors (Lipinski definition) is 0. The number of rotatable bonds is 4. The van der Waals surface area contributed by atoms with Gasteiger partial charge in [0, 0.05) is 17.4 Å². The van der Waals surface area contributed by atoms with Crippen molar-refractivity contribution in [3.05, 3.63) is 11.8 Å². The Kier molecular flexibility index (Phi) is 3.87. The van der Waals surface area contributed by atoms with Gasteiger partial charge in [-0.15, -0.1) is 11.6 Å². The van der Waals surface area contributed by atoms with Crippen molar-refractivity contribution in [1.29, 1.82) is 0 Å². The molecule has 0 saturated carbocycles.